The van der Waals surface area contributed by atoms with Crippen LogP contribution >= 0.6 is 23.1 Å². The van der Waals surface area contributed by atoms with Crippen LogP contribution in [-0.4, -0.2) is 27.7 Å². The second-order valence-corrected chi connectivity index (χ2v) is 5.24. The molecule has 0 bridgehead atoms. The predicted octanol–water partition coefficient (Wildman–Crippen LogP) is 2.10. The number of nitrogens with zero attached hydrogens (tertiary/aromatic N) is 2. The Morgan fingerprint density at radius 2 is 2.15 bits per heavy atom. The summed E-state index contributed by atoms with van der Waals surface area (Å²) in [4.78, 5) is 0. The Labute approximate surface area is 86.6 Å². The first-order valence-corrected chi connectivity index (χ1v) is 6.17. The third kappa shape index (κ3) is 4.59. The standard InChI is InChI=1S/C8H14N2OS2/c1-7-9-10-8(13-7)12-6-4-2-3-5-11/h11H,2-6H2,1H3. The fourth-order valence-corrected chi connectivity index (χ4v) is 2.77. The van der Waals surface area contributed by atoms with Crippen LogP contribution in [-0.2, 0) is 0 Å². The summed E-state index contributed by atoms with van der Waals surface area (Å²) in [7, 11) is 0. The molecule has 3 nitrogen and oxygen atoms in total. The highest BCUT2D eigenvalue weighted by Crippen LogP contribution is 2.22. The molecule has 0 amide bonds. The first-order valence-electron chi connectivity index (χ1n) is 4.36. The summed E-state index contributed by atoms with van der Waals surface area (Å²) in [5.41, 5.74) is 0. The maximum Gasteiger partial charge on any atom is 0.174 e. The molecule has 0 fully saturated rings. The fraction of sp³-hybridized carbons (Fsp3) is 0.750. The van der Waals surface area contributed by atoms with Crippen molar-refractivity contribution in [3.63, 3.8) is 0 Å². The Hall–Kier alpha value is -0.130. The van der Waals surface area contributed by atoms with Gasteiger partial charge >= 0.3 is 0 Å². The van der Waals surface area contributed by atoms with E-state index < -0.39 is 0 Å². The summed E-state index contributed by atoms with van der Waals surface area (Å²) in [6.45, 7) is 2.27. The van der Waals surface area contributed by atoms with Crippen molar-refractivity contribution in [2.45, 2.75) is 30.5 Å². The topological polar surface area (TPSA) is 46.0 Å². The van der Waals surface area contributed by atoms with Gasteiger partial charge < -0.3 is 5.11 Å². The van der Waals surface area contributed by atoms with Crippen molar-refractivity contribution in [3.05, 3.63) is 5.01 Å². The molecule has 1 rings (SSSR count). The summed E-state index contributed by atoms with van der Waals surface area (Å²) >= 11 is 3.40. The minimum Gasteiger partial charge on any atom is -0.396 e. The van der Waals surface area contributed by atoms with Gasteiger partial charge in [0.05, 0.1) is 0 Å². The highest BCUT2D eigenvalue weighted by Gasteiger charge is 1.99. The van der Waals surface area contributed by atoms with Gasteiger partial charge in [-0.2, -0.15) is 0 Å². The zero-order valence-corrected chi connectivity index (χ0v) is 9.33. The third-order valence-corrected chi connectivity index (χ3v) is 3.59. The SMILES string of the molecule is Cc1nnc(SCCCCCO)s1. The lowest BCUT2D eigenvalue weighted by Gasteiger charge is -1.95. The zero-order valence-electron chi connectivity index (χ0n) is 7.69. The van der Waals surface area contributed by atoms with Crippen LogP contribution in [0.3, 0.4) is 0 Å². The Balaban J connectivity index is 2.06. The maximum atomic E-state index is 8.56. The number of hydrogen-bond donors (Lipinski definition) is 1. The fourth-order valence-electron chi connectivity index (χ4n) is 0.887. The van der Waals surface area contributed by atoms with Gasteiger partial charge in [-0.1, -0.05) is 29.5 Å². The van der Waals surface area contributed by atoms with Crippen LogP contribution in [0.2, 0.25) is 0 Å². The van der Waals surface area contributed by atoms with E-state index in [9.17, 15) is 0 Å². The van der Waals surface area contributed by atoms with E-state index in [-0.39, 0.29) is 0 Å². The van der Waals surface area contributed by atoms with E-state index in [0.717, 1.165) is 34.4 Å². The average Bonchev–Trinajstić information content (AvgIpc) is 2.51. The van der Waals surface area contributed by atoms with Crippen LogP contribution in [0.5, 0.6) is 0 Å². The average molecular weight is 218 g/mol. The summed E-state index contributed by atoms with van der Waals surface area (Å²) < 4.78 is 1.06. The monoisotopic (exact) mass is 218 g/mol. The second kappa shape index (κ2) is 6.34. The molecule has 1 aromatic rings. The van der Waals surface area contributed by atoms with Crippen LogP contribution < -0.4 is 0 Å². The van der Waals surface area contributed by atoms with Crippen LogP contribution in [0.25, 0.3) is 0 Å². The minimum absolute atomic E-state index is 0.308. The van der Waals surface area contributed by atoms with Crippen molar-refractivity contribution in [1.29, 1.82) is 0 Å². The van der Waals surface area contributed by atoms with Crippen molar-refractivity contribution >= 4 is 23.1 Å². The largest absolute Gasteiger partial charge is 0.396 e. The number of aliphatic hydroxyl groups excluding tert-OH is 1. The van der Waals surface area contributed by atoms with Gasteiger partial charge in [0.1, 0.15) is 5.01 Å². The van der Waals surface area contributed by atoms with Crippen LogP contribution in [0, 0.1) is 6.92 Å². The van der Waals surface area contributed by atoms with Crippen LogP contribution in [0.4, 0.5) is 0 Å². The van der Waals surface area contributed by atoms with Gasteiger partial charge in [-0.05, 0) is 19.8 Å². The van der Waals surface area contributed by atoms with E-state index in [1.807, 2.05) is 6.92 Å². The quantitative estimate of drug-likeness (QED) is 0.587. The molecule has 74 valence electrons. The van der Waals surface area contributed by atoms with Gasteiger partial charge in [-0.3, -0.25) is 0 Å². The number of unbranched alkanes of at least 4 members (excludes halogenated alkanes) is 2. The molecule has 1 aromatic heterocycles. The summed E-state index contributed by atoms with van der Waals surface area (Å²) in [6.07, 6.45) is 3.15. The van der Waals surface area contributed by atoms with E-state index in [1.54, 1.807) is 23.1 Å². The minimum atomic E-state index is 0.308. The molecule has 13 heavy (non-hydrogen) atoms. The van der Waals surface area contributed by atoms with E-state index in [1.165, 1.54) is 0 Å². The number of rotatable bonds is 6. The van der Waals surface area contributed by atoms with Crippen LogP contribution in [0.15, 0.2) is 4.34 Å². The van der Waals surface area contributed by atoms with Crippen molar-refractivity contribution in [2.75, 3.05) is 12.4 Å². The van der Waals surface area contributed by atoms with Crippen molar-refractivity contribution < 1.29 is 5.11 Å². The van der Waals surface area contributed by atoms with E-state index in [2.05, 4.69) is 10.2 Å². The first-order chi connectivity index (χ1) is 6.33. The normalized spacial score (nSPS) is 10.6. The van der Waals surface area contributed by atoms with E-state index >= 15 is 0 Å². The number of thioether (sulfide) groups is 1. The second-order valence-electron chi connectivity index (χ2n) is 2.72. The Bertz CT molecular complexity index is 240. The molecule has 0 atom stereocenters. The molecular formula is C8H14N2OS2. The van der Waals surface area contributed by atoms with Gasteiger partial charge in [0, 0.05) is 12.4 Å². The molecule has 0 aromatic carbocycles. The molecule has 0 spiro atoms. The summed E-state index contributed by atoms with van der Waals surface area (Å²) in [5.74, 6) is 1.08. The molecule has 0 aliphatic heterocycles. The van der Waals surface area contributed by atoms with Crippen molar-refractivity contribution in [3.8, 4) is 0 Å². The van der Waals surface area contributed by atoms with E-state index in [4.69, 9.17) is 5.11 Å². The Morgan fingerprint density at radius 3 is 2.77 bits per heavy atom. The summed E-state index contributed by atoms with van der Waals surface area (Å²) in [6, 6.07) is 0. The number of aromatic nitrogens is 2. The highest BCUT2D eigenvalue weighted by atomic mass is 32.2. The highest BCUT2D eigenvalue weighted by molar-refractivity contribution is 8.01. The van der Waals surface area contributed by atoms with Gasteiger partial charge in [0.25, 0.3) is 0 Å². The zero-order chi connectivity index (χ0) is 9.52. The lowest BCUT2D eigenvalue weighted by atomic mass is 10.3. The maximum absolute atomic E-state index is 8.56. The molecule has 0 saturated heterocycles. The third-order valence-electron chi connectivity index (χ3n) is 1.54. The van der Waals surface area contributed by atoms with Crippen LogP contribution in [0.1, 0.15) is 24.3 Å². The lowest BCUT2D eigenvalue weighted by Crippen LogP contribution is -1.85. The molecule has 0 aliphatic rings. The molecule has 0 unspecified atom stereocenters. The molecule has 5 heteroatoms. The van der Waals surface area contributed by atoms with Crippen molar-refractivity contribution in [2.24, 2.45) is 0 Å². The predicted molar refractivity (Wildman–Crippen MR) is 56.3 cm³/mol. The number of aryl methyl sites for hydroxylation is 1. The van der Waals surface area contributed by atoms with Gasteiger partial charge in [-0.15, -0.1) is 10.2 Å². The van der Waals surface area contributed by atoms with Crippen molar-refractivity contribution in [1.82, 2.24) is 10.2 Å². The molecule has 1 N–H and O–H groups in total. The van der Waals surface area contributed by atoms with Gasteiger partial charge in [0.15, 0.2) is 4.34 Å². The molecule has 0 aliphatic carbocycles. The van der Waals surface area contributed by atoms with E-state index in [0.29, 0.717) is 6.61 Å². The first kappa shape index (κ1) is 10.9. The lowest BCUT2D eigenvalue weighted by molar-refractivity contribution is 0.284. The molecule has 1 heterocycles. The van der Waals surface area contributed by atoms with Gasteiger partial charge in [0.2, 0.25) is 0 Å². The Kier molecular flexibility index (Phi) is 5.34. The number of hydrogen-bond acceptors (Lipinski definition) is 5. The summed E-state index contributed by atoms with van der Waals surface area (Å²) in [5, 5.41) is 17.5. The number of aliphatic hydroxyl groups is 1. The molecule has 0 saturated carbocycles. The van der Waals surface area contributed by atoms with Gasteiger partial charge in [-0.25, -0.2) is 0 Å². The Morgan fingerprint density at radius 1 is 1.31 bits per heavy atom. The smallest absolute Gasteiger partial charge is 0.174 e. The molecule has 0 radical (unpaired) electrons. The molecular weight excluding hydrogens is 204 g/mol.